The molecule has 1 saturated heterocycles. The Labute approximate surface area is 208 Å². The van der Waals surface area contributed by atoms with Crippen molar-refractivity contribution in [1.82, 2.24) is 19.7 Å². The third-order valence-corrected chi connectivity index (χ3v) is 8.24. The molecule has 192 valence electrons. The van der Waals surface area contributed by atoms with E-state index in [1.165, 1.54) is 7.11 Å². The van der Waals surface area contributed by atoms with Crippen molar-refractivity contribution in [2.24, 2.45) is 5.92 Å². The van der Waals surface area contributed by atoms with Crippen LogP contribution in [0.25, 0.3) is 15.9 Å². The van der Waals surface area contributed by atoms with Gasteiger partial charge in [-0.25, -0.2) is 20.7 Å². The summed E-state index contributed by atoms with van der Waals surface area (Å²) in [6.07, 6.45) is -0.152. The van der Waals surface area contributed by atoms with Crippen LogP contribution < -0.4 is 0 Å². The van der Waals surface area contributed by atoms with E-state index in [0.29, 0.717) is 23.2 Å². The highest BCUT2D eigenvalue weighted by Gasteiger charge is 2.47. The van der Waals surface area contributed by atoms with Gasteiger partial charge >= 0.3 is 5.97 Å². The van der Waals surface area contributed by atoms with Crippen LogP contribution in [0.3, 0.4) is 0 Å². The SMILES string of the molecule is [C-]#[N+]CCOP(O[C@@H]1[C@H](C)[C@@H](CC)O[C@H]1n1nnc2c(C(=O)OC)cccc21)N(C(C)C)C(C)C. The van der Waals surface area contributed by atoms with Crippen LogP contribution in [0.15, 0.2) is 18.2 Å². The fourth-order valence-corrected chi connectivity index (χ4v) is 6.28. The molecule has 1 aromatic heterocycles. The van der Waals surface area contributed by atoms with Gasteiger partial charge < -0.3 is 23.4 Å². The van der Waals surface area contributed by atoms with Crippen molar-refractivity contribution in [2.45, 2.75) is 78.5 Å². The lowest BCUT2D eigenvalue weighted by molar-refractivity contribution is -0.0399. The highest BCUT2D eigenvalue weighted by molar-refractivity contribution is 7.44. The van der Waals surface area contributed by atoms with E-state index < -0.39 is 20.7 Å². The van der Waals surface area contributed by atoms with Gasteiger partial charge in [-0.05, 0) is 46.2 Å². The number of carbonyl (C=O) groups excluding carboxylic acids is 1. The third-order valence-electron chi connectivity index (χ3n) is 6.11. The van der Waals surface area contributed by atoms with Gasteiger partial charge in [0.1, 0.15) is 18.2 Å². The lowest BCUT2D eigenvalue weighted by atomic mass is 9.99. The molecule has 35 heavy (non-hydrogen) atoms. The number of carbonyl (C=O) groups is 1. The van der Waals surface area contributed by atoms with E-state index in [2.05, 4.69) is 61.4 Å². The number of methoxy groups -OCH3 is 1. The summed E-state index contributed by atoms with van der Waals surface area (Å²) in [4.78, 5) is 15.7. The van der Waals surface area contributed by atoms with Gasteiger partial charge in [-0.1, -0.05) is 25.1 Å². The molecule has 0 bridgehead atoms. The van der Waals surface area contributed by atoms with Gasteiger partial charge in [0.05, 0.1) is 24.3 Å². The Morgan fingerprint density at radius 3 is 2.63 bits per heavy atom. The number of ether oxygens (including phenoxy) is 2. The summed E-state index contributed by atoms with van der Waals surface area (Å²) in [6, 6.07) is 5.67. The average molecular weight is 506 g/mol. The maximum absolute atomic E-state index is 12.3. The zero-order chi connectivity index (χ0) is 25.7. The first-order chi connectivity index (χ1) is 16.7. The molecule has 1 aliphatic rings. The Morgan fingerprint density at radius 2 is 2.03 bits per heavy atom. The molecule has 1 aromatic carbocycles. The minimum Gasteiger partial charge on any atom is -0.465 e. The standard InChI is InChI=1S/C24H36N5O5P/c1-9-20-17(6)22(34-35(32-14-13-25-7)29(15(2)3)16(4)5)23(33-20)28-19-12-10-11-18(24(30)31-8)21(19)26-27-28/h10-12,15-17,20,22-23H,9,13-14H2,1-6,8H3/t17-,20-,22-,23-,35?/m1/s1. The first-order valence-electron chi connectivity index (χ1n) is 12.0. The average Bonchev–Trinajstić information content (AvgIpc) is 3.39. The molecule has 0 amide bonds. The van der Waals surface area contributed by atoms with E-state index >= 15 is 0 Å². The van der Waals surface area contributed by atoms with Crippen molar-refractivity contribution < 1.29 is 23.3 Å². The Bertz CT molecular complexity index is 1030. The molecule has 1 aliphatic heterocycles. The number of esters is 1. The van der Waals surface area contributed by atoms with Crippen LogP contribution in [0.5, 0.6) is 0 Å². The van der Waals surface area contributed by atoms with Gasteiger partial charge in [-0.2, -0.15) is 0 Å². The number of aromatic nitrogens is 3. The fraction of sp³-hybridized carbons (Fsp3) is 0.667. The zero-order valence-electron chi connectivity index (χ0n) is 21.5. The third kappa shape index (κ3) is 5.82. The summed E-state index contributed by atoms with van der Waals surface area (Å²) in [5.41, 5.74) is 1.47. The second-order valence-electron chi connectivity index (χ2n) is 9.12. The van der Waals surface area contributed by atoms with Crippen LogP contribution >= 0.6 is 8.53 Å². The quantitative estimate of drug-likeness (QED) is 0.186. The van der Waals surface area contributed by atoms with Gasteiger partial charge in [0.15, 0.2) is 6.23 Å². The summed E-state index contributed by atoms with van der Waals surface area (Å²) in [5, 5.41) is 8.65. The smallest absolute Gasteiger partial charge is 0.340 e. The second kappa shape index (κ2) is 12.2. The van der Waals surface area contributed by atoms with Crippen LogP contribution in [0, 0.1) is 12.5 Å². The summed E-state index contributed by atoms with van der Waals surface area (Å²) < 4.78 is 28.1. The van der Waals surface area contributed by atoms with Crippen molar-refractivity contribution in [1.29, 1.82) is 0 Å². The van der Waals surface area contributed by atoms with Crippen molar-refractivity contribution >= 4 is 25.5 Å². The van der Waals surface area contributed by atoms with Crippen LogP contribution in [0.1, 0.15) is 64.5 Å². The Kier molecular flexibility index (Phi) is 9.56. The lowest BCUT2D eigenvalue weighted by Gasteiger charge is -2.37. The van der Waals surface area contributed by atoms with Crippen molar-refractivity contribution in [2.75, 3.05) is 20.3 Å². The highest BCUT2D eigenvalue weighted by Crippen LogP contribution is 2.52. The van der Waals surface area contributed by atoms with Gasteiger partial charge in [0, 0.05) is 18.0 Å². The molecule has 1 unspecified atom stereocenters. The maximum atomic E-state index is 12.3. The largest absolute Gasteiger partial charge is 0.465 e. The van der Waals surface area contributed by atoms with E-state index in [-0.39, 0.29) is 36.8 Å². The van der Waals surface area contributed by atoms with Gasteiger partial charge in [-0.15, -0.1) is 5.10 Å². The van der Waals surface area contributed by atoms with Crippen LogP contribution in [0.4, 0.5) is 0 Å². The summed E-state index contributed by atoms with van der Waals surface area (Å²) >= 11 is 0. The highest BCUT2D eigenvalue weighted by atomic mass is 31.2. The van der Waals surface area contributed by atoms with Gasteiger partial charge in [0.25, 0.3) is 8.53 Å². The molecule has 0 radical (unpaired) electrons. The van der Waals surface area contributed by atoms with Crippen molar-refractivity contribution in [3.05, 3.63) is 35.2 Å². The van der Waals surface area contributed by atoms with Gasteiger partial charge in [-0.3, -0.25) is 0 Å². The summed E-state index contributed by atoms with van der Waals surface area (Å²) in [6.45, 7) is 20.3. The number of fused-ring (bicyclic) bond motifs is 1. The van der Waals surface area contributed by atoms with Crippen molar-refractivity contribution in [3.63, 3.8) is 0 Å². The molecule has 2 heterocycles. The van der Waals surface area contributed by atoms with E-state index in [1.54, 1.807) is 16.8 Å². The van der Waals surface area contributed by atoms with Crippen LogP contribution in [0.2, 0.25) is 0 Å². The van der Waals surface area contributed by atoms with Crippen molar-refractivity contribution in [3.8, 4) is 0 Å². The topological polar surface area (TPSA) is 92.3 Å². The Morgan fingerprint density at radius 1 is 1.31 bits per heavy atom. The molecular formula is C24H36N5O5P. The number of hydrogen-bond acceptors (Lipinski definition) is 8. The van der Waals surface area contributed by atoms with E-state index in [9.17, 15) is 4.79 Å². The van der Waals surface area contributed by atoms with Crippen LogP contribution in [-0.4, -0.2) is 70.2 Å². The molecule has 11 heteroatoms. The maximum Gasteiger partial charge on any atom is 0.340 e. The van der Waals surface area contributed by atoms with E-state index in [1.807, 2.05) is 6.07 Å². The fourth-order valence-electron chi connectivity index (χ4n) is 4.48. The Balaban J connectivity index is 2.00. The summed E-state index contributed by atoms with van der Waals surface area (Å²) in [5.74, 6) is -0.410. The molecule has 1 fully saturated rings. The molecule has 0 N–H and O–H groups in total. The molecule has 2 aromatic rings. The van der Waals surface area contributed by atoms with Gasteiger partial charge in [0.2, 0.25) is 6.54 Å². The molecular weight excluding hydrogens is 469 g/mol. The number of nitrogens with zero attached hydrogens (tertiary/aromatic N) is 5. The number of rotatable bonds is 11. The predicted octanol–water partition coefficient (Wildman–Crippen LogP) is 4.83. The van der Waals surface area contributed by atoms with E-state index in [4.69, 9.17) is 25.1 Å². The normalized spacial score (nSPS) is 23.3. The minimum absolute atomic E-state index is 0.0420. The second-order valence-corrected chi connectivity index (χ2v) is 10.5. The number of benzene rings is 1. The molecule has 3 rings (SSSR count). The number of hydrogen-bond donors (Lipinski definition) is 0. The predicted molar refractivity (Wildman–Crippen MR) is 134 cm³/mol. The first kappa shape index (κ1) is 27.4. The molecule has 0 saturated carbocycles. The van der Waals surface area contributed by atoms with Crippen LogP contribution in [-0.2, 0) is 18.5 Å². The first-order valence-corrected chi connectivity index (χ1v) is 13.2. The lowest BCUT2D eigenvalue weighted by Crippen LogP contribution is -2.36. The Hall–Kier alpha value is -2.15. The summed E-state index contributed by atoms with van der Waals surface area (Å²) in [7, 11) is -0.125. The molecule has 0 spiro atoms. The minimum atomic E-state index is -1.47. The molecule has 10 nitrogen and oxygen atoms in total. The monoisotopic (exact) mass is 505 g/mol. The van der Waals surface area contributed by atoms with E-state index in [0.717, 1.165) is 6.42 Å². The zero-order valence-corrected chi connectivity index (χ0v) is 22.4. The molecule has 0 aliphatic carbocycles. The molecule has 5 atom stereocenters.